The quantitative estimate of drug-likeness (QED) is 0.485. The molecule has 0 radical (unpaired) electrons. The Hall–Kier alpha value is -0.340. The summed E-state index contributed by atoms with van der Waals surface area (Å²) in [6, 6.07) is 0. The third kappa shape index (κ3) is 4.44. The maximum atomic E-state index is 9.30. The Kier molecular flexibility index (Phi) is 5.09. The van der Waals surface area contributed by atoms with Crippen molar-refractivity contribution in [3.05, 3.63) is 12.7 Å². The van der Waals surface area contributed by atoms with E-state index in [9.17, 15) is 5.11 Å². The van der Waals surface area contributed by atoms with Crippen molar-refractivity contribution in [1.29, 1.82) is 0 Å². The molecule has 1 rings (SSSR count). The van der Waals surface area contributed by atoms with Crippen LogP contribution >= 0.6 is 0 Å². The molecule has 2 atom stereocenters. The van der Waals surface area contributed by atoms with Crippen LogP contribution in [0, 0.1) is 5.92 Å². The Morgan fingerprint density at radius 2 is 2.31 bits per heavy atom. The van der Waals surface area contributed by atoms with Gasteiger partial charge in [-0.2, -0.15) is 0 Å². The molecule has 0 heterocycles. The van der Waals surface area contributed by atoms with Crippen molar-refractivity contribution in [1.82, 2.24) is 5.32 Å². The predicted molar refractivity (Wildman–Crippen MR) is 55.6 cm³/mol. The molecule has 2 heteroatoms. The fraction of sp³-hybridized carbons (Fsp3) is 0.818. The van der Waals surface area contributed by atoms with Crippen LogP contribution < -0.4 is 5.32 Å². The minimum absolute atomic E-state index is 0.0278. The Morgan fingerprint density at radius 3 is 2.92 bits per heavy atom. The smallest absolute Gasteiger partial charge is 0.0543 e. The molecule has 2 N–H and O–H groups in total. The minimum Gasteiger partial charge on any atom is -0.393 e. The van der Waals surface area contributed by atoms with E-state index in [1.807, 2.05) is 6.08 Å². The van der Waals surface area contributed by atoms with Crippen LogP contribution in [0.15, 0.2) is 12.7 Å². The van der Waals surface area contributed by atoms with Gasteiger partial charge in [0.25, 0.3) is 0 Å². The fourth-order valence-electron chi connectivity index (χ4n) is 1.91. The molecule has 0 spiro atoms. The molecule has 0 saturated heterocycles. The Labute approximate surface area is 81.0 Å². The van der Waals surface area contributed by atoms with Crippen LogP contribution in [0.5, 0.6) is 0 Å². The molecule has 1 fully saturated rings. The van der Waals surface area contributed by atoms with Gasteiger partial charge in [-0.1, -0.05) is 6.08 Å². The number of unbranched alkanes of at least 4 members (excludes halogenated alkanes) is 1. The number of rotatable bonds is 6. The summed E-state index contributed by atoms with van der Waals surface area (Å²) in [6.45, 7) is 5.84. The molecule has 0 aliphatic heterocycles. The van der Waals surface area contributed by atoms with E-state index in [-0.39, 0.29) is 6.10 Å². The van der Waals surface area contributed by atoms with Gasteiger partial charge in [0.2, 0.25) is 0 Å². The predicted octanol–water partition coefficient (Wildman–Crippen LogP) is 1.70. The molecule has 76 valence electrons. The molecule has 0 aromatic carbocycles. The average molecular weight is 183 g/mol. The second kappa shape index (κ2) is 6.17. The van der Waals surface area contributed by atoms with Crippen LogP contribution in [0.3, 0.4) is 0 Å². The number of nitrogens with one attached hydrogen (secondary N) is 1. The standard InChI is InChI=1S/C11H21NO/c1-2-3-4-7-12-9-10-5-6-11(13)8-10/h2,10-13H,1,3-9H2. The van der Waals surface area contributed by atoms with E-state index in [1.54, 1.807) is 0 Å². The summed E-state index contributed by atoms with van der Waals surface area (Å²) >= 11 is 0. The van der Waals surface area contributed by atoms with Gasteiger partial charge in [0, 0.05) is 0 Å². The van der Waals surface area contributed by atoms with Crippen LogP contribution in [0.4, 0.5) is 0 Å². The Bertz CT molecular complexity index is 147. The first-order chi connectivity index (χ1) is 6.33. The summed E-state index contributed by atoms with van der Waals surface area (Å²) in [4.78, 5) is 0. The third-order valence-corrected chi connectivity index (χ3v) is 2.71. The van der Waals surface area contributed by atoms with E-state index >= 15 is 0 Å². The first-order valence-corrected chi connectivity index (χ1v) is 5.32. The van der Waals surface area contributed by atoms with Gasteiger partial charge in [-0.3, -0.25) is 0 Å². The van der Waals surface area contributed by atoms with E-state index < -0.39 is 0 Å². The number of hydrogen-bond donors (Lipinski definition) is 2. The first kappa shape index (κ1) is 10.7. The van der Waals surface area contributed by atoms with E-state index in [0.717, 1.165) is 32.4 Å². The van der Waals surface area contributed by atoms with Gasteiger partial charge in [0.05, 0.1) is 6.10 Å². The monoisotopic (exact) mass is 183 g/mol. The lowest BCUT2D eigenvalue weighted by Crippen LogP contribution is -2.22. The van der Waals surface area contributed by atoms with Crippen molar-refractivity contribution < 1.29 is 5.11 Å². The second-order valence-corrected chi connectivity index (χ2v) is 3.97. The van der Waals surface area contributed by atoms with Gasteiger partial charge in [-0.25, -0.2) is 0 Å². The molecule has 0 amide bonds. The minimum atomic E-state index is -0.0278. The van der Waals surface area contributed by atoms with Crippen molar-refractivity contribution in [3.63, 3.8) is 0 Å². The molecule has 0 aromatic heterocycles. The number of aliphatic hydroxyl groups is 1. The van der Waals surface area contributed by atoms with E-state index in [2.05, 4.69) is 11.9 Å². The Balaban J connectivity index is 1.91. The lowest BCUT2D eigenvalue weighted by atomic mass is 10.1. The molecule has 2 unspecified atom stereocenters. The molecule has 2 nitrogen and oxygen atoms in total. The maximum absolute atomic E-state index is 9.30. The molecule has 0 bridgehead atoms. The maximum Gasteiger partial charge on any atom is 0.0543 e. The zero-order valence-corrected chi connectivity index (χ0v) is 8.34. The molecule has 0 aromatic rings. The summed E-state index contributed by atoms with van der Waals surface area (Å²) in [5.41, 5.74) is 0. The number of hydrogen-bond acceptors (Lipinski definition) is 2. The molecule has 1 saturated carbocycles. The van der Waals surface area contributed by atoms with Gasteiger partial charge in [0.15, 0.2) is 0 Å². The summed E-state index contributed by atoms with van der Waals surface area (Å²) < 4.78 is 0. The van der Waals surface area contributed by atoms with E-state index in [1.165, 1.54) is 12.8 Å². The van der Waals surface area contributed by atoms with Crippen LogP contribution in [-0.2, 0) is 0 Å². The van der Waals surface area contributed by atoms with Crippen LogP contribution in [-0.4, -0.2) is 24.3 Å². The highest BCUT2D eigenvalue weighted by Gasteiger charge is 2.21. The van der Waals surface area contributed by atoms with Gasteiger partial charge < -0.3 is 10.4 Å². The average Bonchev–Trinajstić information content (AvgIpc) is 2.51. The molecule has 13 heavy (non-hydrogen) atoms. The fourth-order valence-corrected chi connectivity index (χ4v) is 1.91. The lowest BCUT2D eigenvalue weighted by molar-refractivity contribution is 0.177. The van der Waals surface area contributed by atoms with Crippen molar-refractivity contribution in [2.75, 3.05) is 13.1 Å². The SMILES string of the molecule is C=CCCCNCC1CCC(O)C1. The van der Waals surface area contributed by atoms with Gasteiger partial charge >= 0.3 is 0 Å². The number of allylic oxidation sites excluding steroid dienone is 1. The zero-order chi connectivity index (χ0) is 9.52. The largest absolute Gasteiger partial charge is 0.393 e. The first-order valence-electron chi connectivity index (χ1n) is 5.32. The van der Waals surface area contributed by atoms with Crippen molar-refractivity contribution in [2.45, 2.75) is 38.2 Å². The highest BCUT2D eigenvalue weighted by molar-refractivity contribution is 4.76. The normalized spacial score (nSPS) is 27.8. The van der Waals surface area contributed by atoms with Crippen LogP contribution in [0.2, 0.25) is 0 Å². The van der Waals surface area contributed by atoms with Crippen molar-refractivity contribution in [3.8, 4) is 0 Å². The van der Waals surface area contributed by atoms with Gasteiger partial charge in [0.1, 0.15) is 0 Å². The van der Waals surface area contributed by atoms with Crippen molar-refractivity contribution >= 4 is 0 Å². The van der Waals surface area contributed by atoms with Crippen molar-refractivity contribution in [2.24, 2.45) is 5.92 Å². The van der Waals surface area contributed by atoms with Crippen LogP contribution in [0.1, 0.15) is 32.1 Å². The number of aliphatic hydroxyl groups excluding tert-OH is 1. The Morgan fingerprint density at radius 1 is 1.46 bits per heavy atom. The van der Waals surface area contributed by atoms with Crippen LogP contribution in [0.25, 0.3) is 0 Å². The lowest BCUT2D eigenvalue weighted by Gasteiger charge is -2.09. The highest BCUT2D eigenvalue weighted by Crippen LogP contribution is 2.24. The molecule has 1 aliphatic rings. The molecular weight excluding hydrogens is 162 g/mol. The van der Waals surface area contributed by atoms with Gasteiger partial charge in [-0.15, -0.1) is 6.58 Å². The second-order valence-electron chi connectivity index (χ2n) is 3.97. The highest BCUT2D eigenvalue weighted by atomic mass is 16.3. The summed E-state index contributed by atoms with van der Waals surface area (Å²) in [6.07, 6.45) is 7.39. The summed E-state index contributed by atoms with van der Waals surface area (Å²) in [5.74, 6) is 0.707. The third-order valence-electron chi connectivity index (χ3n) is 2.71. The summed E-state index contributed by atoms with van der Waals surface area (Å²) in [5, 5.41) is 12.7. The molecular formula is C11H21NO. The van der Waals surface area contributed by atoms with E-state index in [0.29, 0.717) is 5.92 Å². The van der Waals surface area contributed by atoms with E-state index in [4.69, 9.17) is 0 Å². The van der Waals surface area contributed by atoms with Gasteiger partial charge in [-0.05, 0) is 51.1 Å². The zero-order valence-electron chi connectivity index (χ0n) is 8.34. The molecule has 1 aliphatic carbocycles. The topological polar surface area (TPSA) is 32.3 Å². The summed E-state index contributed by atoms with van der Waals surface area (Å²) in [7, 11) is 0.